The second-order valence-electron chi connectivity index (χ2n) is 11.2. The summed E-state index contributed by atoms with van der Waals surface area (Å²) >= 11 is 0. The van der Waals surface area contributed by atoms with Crippen LogP contribution in [0.1, 0.15) is 69.4 Å². The summed E-state index contributed by atoms with van der Waals surface area (Å²) in [5.41, 5.74) is 7.28. The predicted molar refractivity (Wildman–Crippen MR) is 138 cm³/mol. The molecule has 2 atom stereocenters. The van der Waals surface area contributed by atoms with Crippen LogP contribution in [0, 0.1) is 5.92 Å². The van der Waals surface area contributed by atoms with Gasteiger partial charge in [0.15, 0.2) is 0 Å². The zero-order valence-corrected chi connectivity index (χ0v) is 21.5. The molecule has 0 bridgehead atoms. The molecule has 0 aromatic heterocycles. The van der Waals surface area contributed by atoms with Crippen molar-refractivity contribution in [3.05, 3.63) is 70.9 Å². The lowest BCUT2D eigenvalue weighted by Crippen LogP contribution is -3.10. The van der Waals surface area contributed by atoms with E-state index in [1.807, 2.05) is 6.07 Å². The van der Waals surface area contributed by atoms with Crippen LogP contribution in [0.4, 0.5) is 11.4 Å². The van der Waals surface area contributed by atoms with Gasteiger partial charge in [0.2, 0.25) is 0 Å². The van der Waals surface area contributed by atoms with Gasteiger partial charge >= 0.3 is 0 Å². The van der Waals surface area contributed by atoms with Gasteiger partial charge in [-0.25, -0.2) is 0 Å². The lowest BCUT2D eigenvalue weighted by Gasteiger charge is -2.32. The number of benzene rings is 2. The van der Waals surface area contributed by atoms with E-state index in [0.29, 0.717) is 5.92 Å². The molecule has 33 heavy (non-hydrogen) atoms. The molecule has 2 aliphatic heterocycles. The van der Waals surface area contributed by atoms with Gasteiger partial charge in [0.05, 0.1) is 12.0 Å². The summed E-state index contributed by atoms with van der Waals surface area (Å²) < 4.78 is 0. The molecule has 2 aliphatic rings. The molecule has 2 heterocycles. The molecule has 0 aliphatic carbocycles. The van der Waals surface area contributed by atoms with E-state index < -0.39 is 0 Å². The molecule has 2 aromatic carbocycles. The van der Waals surface area contributed by atoms with E-state index in [1.165, 1.54) is 39.5 Å². The number of amides is 1. The molecule has 0 saturated carbocycles. The minimum Gasteiger partial charge on any atom is -0.355 e. The van der Waals surface area contributed by atoms with Gasteiger partial charge in [-0.3, -0.25) is 9.69 Å². The number of fused-ring (bicyclic) bond motifs is 2. The number of carbonyl (C=O) groups is 1. The Morgan fingerprint density at radius 2 is 1.82 bits per heavy atom. The lowest BCUT2D eigenvalue weighted by atomic mass is 9.77. The highest BCUT2D eigenvalue weighted by Gasteiger charge is 2.50. The van der Waals surface area contributed by atoms with Crippen molar-refractivity contribution < 1.29 is 9.69 Å². The first-order chi connectivity index (χ1) is 15.5. The minimum absolute atomic E-state index is 0.0220. The molecule has 2 N–H and O–H groups in total. The smallest absolute Gasteiger partial charge is 0.251 e. The van der Waals surface area contributed by atoms with E-state index >= 15 is 0 Å². The number of carbonyl (C=O) groups excluding carboxylic acids is 1. The molecule has 2 aromatic rings. The van der Waals surface area contributed by atoms with Crippen LogP contribution >= 0.6 is 0 Å². The summed E-state index contributed by atoms with van der Waals surface area (Å²) in [4.78, 5) is 16.3. The Morgan fingerprint density at radius 3 is 2.45 bits per heavy atom. The first kappa shape index (κ1) is 23.6. The molecule has 0 spiro atoms. The lowest BCUT2D eigenvalue weighted by molar-refractivity contribution is -0.851. The Hall–Kier alpha value is -2.59. The van der Waals surface area contributed by atoms with Crippen molar-refractivity contribution in [2.24, 2.45) is 5.92 Å². The highest BCUT2D eigenvalue weighted by Crippen LogP contribution is 2.48. The fourth-order valence-corrected chi connectivity index (χ4v) is 5.92. The maximum atomic E-state index is 12.4. The minimum atomic E-state index is -0.0929. The number of nitrogens with zero attached hydrogens (tertiary/aromatic N) is 1. The third kappa shape index (κ3) is 3.78. The van der Waals surface area contributed by atoms with Crippen molar-refractivity contribution in [1.29, 1.82) is 0 Å². The van der Waals surface area contributed by atoms with Crippen LogP contribution in [0.3, 0.4) is 0 Å². The third-order valence-corrected chi connectivity index (χ3v) is 7.96. The van der Waals surface area contributed by atoms with E-state index in [9.17, 15) is 4.79 Å². The Morgan fingerprint density at radius 1 is 1.12 bits per heavy atom. The van der Waals surface area contributed by atoms with E-state index in [1.54, 1.807) is 7.05 Å². The van der Waals surface area contributed by atoms with Gasteiger partial charge in [0, 0.05) is 48.1 Å². The number of rotatable bonds is 5. The number of hydrogen-bond acceptors (Lipinski definition) is 2. The SMILES string of the molecule is CNC(=O)c1ccc2c(c1)C(C)(C)C(/C=C1/N(C)c3ccccc3C1(C)C)[NH+]2CCC(C)C. The molecular formula is C29H40N3O+. The zero-order chi connectivity index (χ0) is 24.1. The highest BCUT2D eigenvalue weighted by atomic mass is 16.1. The first-order valence-electron chi connectivity index (χ1n) is 12.3. The van der Waals surface area contributed by atoms with Crippen LogP contribution in [-0.2, 0) is 10.8 Å². The van der Waals surface area contributed by atoms with Crippen LogP contribution in [0.2, 0.25) is 0 Å². The van der Waals surface area contributed by atoms with E-state index in [-0.39, 0.29) is 22.8 Å². The molecule has 0 radical (unpaired) electrons. The topological polar surface area (TPSA) is 36.8 Å². The molecule has 176 valence electrons. The quantitative estimate of drug-likeness (QED) is 0.705. The number of allylic oxidation sites excluding steroid dienone is 1. The average Bonchev–Trinajstić information content (AvgIpc) is 3.11. The first-order valence-corrected chi connectivity index (χ1v) is 12.3. The van der Waals surface area contributed by atoms with Gasteiger partial charge in [0.25, 0.3) is 5.91 Å². The zero-order valence-electron chi connectivity index (χ0n) is 21.5. The molecule has 0 saturated heterocycles. The molecule has 2 unspecified atom stereocenters. The molecule has 4 nitrogen and oxygen atoms in total. The molecule has 4 heteroatoms. The van der Waals surface area contributed by atoms with Crippen molar-refractivity contribution in [2.75, 3.05) is 25.5 Å². The summed E-state index contributed by atoms with van der Waals surface area (Å²) in [5.74, 6) is 0.629. The van der Waals surface area contributed by atoms with Gasteiger partial charge in [-0.2, -0.15) is 0 Å². The van der Waals surface area contributed by atoms with Gasteiger partial charge in [0.1, 0.15) is 11.7 Å². The Bertz CT molecular complexity index is 1100. The van der Waals surface area contributed by atoms with Crippen molar-refractivity contribution in [3.8, 4) is 0 Å². The van der Waals surface area contributed by atoms with Gasteiger partial charge in [-0.1, -0.05) is 45.9 Å². The third-order valence-electron chi connectivity index (χ3n) is 7.96. The standard InChI is InChI=1S/C29H39N3O/c1-19(2)15-16-32-24-14-13-20(27(33)30-7)17-22(24)29(5,6)26(32)18-25-28(3,4)21-11-9-10-12-23(21)31(25)8/h9-14,17-19,26H,15-16H2,1-8H3,(H,30,33)/p+1/b25-18+. The second-order valence-corrected chi connectivity index (χ2v) is 11.2. The molecular weight excluding hydrogens is 406 g/mol. The summed E-state index contributed by atoms with van der Waals surface area (Å²) in [6, 6.07) is 15.4. The van der Waals surface area contributed by atoms with Crippen molar-refractivity contribution >= 4 is 17.3 Å². The Labute approximate surface area is 199 Å². The summed E-state index contributed by atoms with van der Waals surface area (Å²) in [6.07, 6.45) is 3.70. The maximum Gasteiger partial charge on any atom is 0.251 e. The number of hydrogen-bond donors (Lipinski definition) is 2. The molecule has 0 fully saturated rings. The highest BCUT2D eigenvalue weighted by molar-refractivity contribution is 5.94. The Balaban J connectivity index is 1.83. The number of likely N-dealkylation sites (N-methyl/N-ethyl adjacent to an activating group) is 1. The fourth-order valence-electron chi connectivity index (χ4n) is 5.92. The average molecular weight is 447 g/mol. The van der Waals surface area contributed by atoms with Crippen LogP contribution in [0.25, 0.3) is 0 Å². The summed E-state index contributed by atoms with van der Waals surface area (Å²) in [6.45, 7) is 15.1. The molecule has 1 amide bonds. The number of para-hydroxylation sites is 1. The Kier molecular flexibility index (Phi) is 5.94. The van der Waals surface area contributed by atoms with Gasteiger partial charge < -0.3 is 10.2 Å². The second kappa shape index (κ2) is 8.32. The van der Waals surface area contributed by atoms with Crippen LogP contribution in [0.5, 0.6) is 0 Å². The fraction of sp³-hybridized carbons (Fsp3) is 0.483. The van der Waals surface area contributed by atoms with Crippen molar-refractivity contribution in [1.82, 2.24) is 5.32 Å². The molecule has 4 rings (SSSR count). The predicted octanol–water partition coefficient (Wildman–Crippen LogP) is 4.58. The van der Waals surface area contributed by atoms with Crippen molar-refractivity contribution in [2.45, 2.75) is 64.8 Å². The van der Waals surface area contributed by atoms with Crippen molar-refractivity contribution in [3.63, 3.8) is 0 Å². The van der Waals surface area contributed by atoms with Gasteiger partial charge in [-0.05, 0) is 56.0 Å². The number of anilines is 1. The van der Waals surface area contributed by atoms with Crippen LogP contribution in [0.15, 0.2) is 54.2 Å². The number of nitrogens with one attached hydrogen (secondary N) is 2. The van der Waals surface area contributed by atoms with Gasteiger partial charge in [-0.15, -0.1) is 0 Å². The normalized spacial score (nSPS) is 23.7. The van der Waals surface area contributed by atoms with E-state index in [0.717, 1.165) is 12.1 Å². The summed E-state index contributed by atoms with van der Waals surface area (Å²) in [7, 11) is 3.90. The monoisotopic (exact) mass is 446 g/mol. The van der Waals surface area contributed by atoms with E-state index in [4.69, 9.17) is 0 Å². The van der Waals surface area contributed by atoms with E-state index in [2.05, 4.69) is 101 Å². The largest absolute Gasteiger partial charge is 0.355 e. The maximum absolute atomic E-state index is 12.4. The summed E-state index contributed by atoms with van der Waals surface area (Å²) in [5, 5.41) is 2.78. The number of quaternary nitrogens is 1. The van der Waals surface area contributed by atoms with Crippen LogP contribution in [-0.4, -0.2) is 32.6 Å². The van der Waals surface area contributed by atoms with Crippen LogP contribution < -0.4 is 15.1 Å².